The Morgan fingerprint density at radius 1 is 0.382 bits per heavy atom. The molecule has 0 aliphatic heterocycles. The summed E-state index contributed by atoms with van der Waals surface area (Å²) in [7, 11) is 0. The van der Waals surface area contributed by atoms with Crippen LogP contribution in [0, 0.1) is 11.3 Å². The van der Waals surface area contributed by atoms with E-state index in [2.05, 4.69) is 146 Å². The summed E-state index contributed by atoms with van der Waals surface area (Å²) in [5.74, 6) is 0.639. The van der Waals surface area contributed by atoms with Gasteiger partial charge in [0, 0.05) is 16.7 Å². The molecule has 0 amide bonds. The summed E-state index contributed by atoms with van der Waals surface area (Å²) in [6.45, 7) is 0. The van der Waals surface area contributed by atoms with Crippen molar-refractivity contribution in [2.75, 3.05) is 0 Å². The molecule has 0 fully saturated rings. The first-order valence-corrected chi connectivity index (χ1v) is 18.6. The van der Waals surface area contributed by atoms with E-state index in [1.165, 1.54) is 33.4 Å². The van der Waals surface area contributed by atoms with Crippen LogP contribution in [0.5, 0.6) is 0 Å². The lowest BCUT2D eigenvalue weighted by Gasteiger charge is -2.34. The number of fused-ring (bicyclic) bond motifs is 4. The van der Waals surface area contributed by atoms with Gasteiger partial charge in [-0.15, -0.1) is 0 Å². The Balaban J connectivity index is 1.18. The molecule has 0 radical (unpaired) electrons. The van der Waals surface area contributed by atoms with Gasteiger partial charge in [-0.3, -0.25) is 0 Å². The lowest BCUT2D eigenvalue weighted by atomic mass is 9.67. The van der Waals surface area contributed by atoms with Crippen LogP contribution in [0.1, 0.15) is 27.8 Å². The standard InChI is InChI=1S/C52H33N3/c53-34-35-15-14-18-38(31-35)49-33-50(55-51(54-49)36-16-4-1-5-17-36)46-30-29-41(42-23-10-11-24-43(42)46)37-27-28-45-44-25-12-13-26-47(44)52(48(45)32-37,39-19-6-2-7-20-39)40-21-8-3-9-22-40/h1-33H. The average molecular weight is 700 g/mol. The first kappa shape index (κ1) is 32.3. The summed E-state index contributed by atoms with van der Waals surface area (Å²) < 4.78 is 0. The normalized spacial score (nSPS) is 12.5. The van der Waals surface area contributed by atoms with Crippen LogP contribution in [0.4, 0.5) is 0 Å². The van der Waals surface area contributed by atoms with E-state index in [1.807, 2.05) is 60.7 Å². The second kappa shape index (κ2) is 13.2. The average Bonchev–Trinajstić information content (AvgIpc) is 3.57. The van der Waals surface area contributed by atoms with Crippen molar-refractivity contribution in [3.63, 3.8) is 0 Å². The molecule has 1 aliphatic carbocycles. The van der Waals surface area contributed by atoms with E-state index in [9.17, 15) is 5.26 Å². The van der Waals surface area contributed by atoms with Gasteiger partial charge in [0.2, 0.25) is 0 Å². The van der Waals surface area contributed by atoms with E-state index in [4.69, 9.17) is 9.97 Å². The monoisotopic (exact) mass is 699 g/mol. The van der Waals surface area contributed by atoms with Gasteiger partial charge in [0.25, 0.3) is 0 Å². The minimum absolute atomic E-state index is 0.478. The van der Waals surface area contributed by atoms with Crippen molar-refractivity contribution >= 4 is 10.8 Å². The Kier molecular flexibility index (Phi) is 7.75. The number of aromatic nitrogens is 2. The van der Waals surface area contributed by atoms with E-state index < -0.39 is 5.41 Å². The number of nitriles is 1. The smallest absolute Gasteiger partial charge is 0.160 e. The molecule has 10 rings (SSSR count). The van der Waals surface area contributed by atoms with Gasteiger partial charge in [-0.25, -0.2) is 9.97 Å². The third-order valence-corrected chi connectivity index (χ3v) is 11.0. The minimum atomic E-state index is -0.478. The minimum Gasteiger partial charge on any atom is -0.228 e. The van der Waals surface area contributed by atoms with Gasteiger partial charge in [-0.2, -0.15) is 5.26 Å². The molecule has 0 saturated heterocycles. The molecular formula is C52H33N3. The lowest BCUT2D eigenvalue weighted by Crippen LogP contribution is -2.28. The van der Waals surface area contributed by atoms with E-state index >= 15 is 0 Å². The van der Waals surface area contributed by atoms with Gasteiger partial charge >= 0.3 is 0 Å². The highest BCUT2D eigenvalue weighted by molar-refractivity contribution is 6.05. The van der Waals surface area contributed by atoms with E-state index in [0.29, 0.717) is 11.4 Å². The fourth-order valence-corrected chi connectivity index (χ4v) is 8.58. The zero-order chi connectivity index (χ0) is 36.8. The summed E-state index contributed by atoms with van der Waals surface area (Å²) in [6.07, 6.45) is 0. The van der Waals surface area contributed by atoms with Crippen LogP contribution in [0.15, 0.2) is 200 Å². The van der Waals surface area contributed by atoms with E-state index in [0.717, 1.165) is 50.0 Å². The van der Waals surface area contributed by atoms with Crippen molar-refractivity contribution in [2.45, 2.75) is 5.41 Å². The molecule has 3 heteroatoms. The van der Waals surface area contributed by atoms with Gasteiger partial charge in [-0.05, 0) is 79.5 Å². The maximum Gasteiger partial charge on any atom is 0.160 e. The Hall–Kier alpha value is -7.41. The van der Waals surface area contributed by atoms with Crippen LogP contribution < -0.4 is 0 Å². The van der Waals surface area contributed by atoms with Crippen molar-refractivity contribution in [1.82, 2.24) is 9.97 Å². The molecule has 3 nitrogen and oxygen atoms in total. The van der Waals surface area contributed by atoms with Gasteiger partial charge in [-0.1, -0.05) is 176 Å². The fourth-order valence-electron chi connectivity index (χ4n) is 8.58. The zero-order valence-electron chi connectivity index (χ0n) is 29.9. The summed E-state index contributed by atoms with van der Waals surface area (Å²) >= 11 is 0. The van der Waals surface area contributed by atoms with Crippen LogP contribution >= 0.6 is 0 Å². The van der Waals surface area contributed by atoms with Crippen molar-refractivity contribution in [2.24, 2.45) is 0 Å². The van der Waals surface area contributed by atoms with E-state index in [-0.39, 0.29) is 0 Å². The molecule has 55 heavy (non-hydrogen) atoms. The Morgan fingerprint density at radius 3 is 1.67 bits per heavy atom. The largest absolute Gasteiger partial charge is 0.228 e. The topological polar surface area (TPSA) is 49.6 Å². The van der Waals surface area contributed by atoms with Crippen LogP contribution in [0.25, 0.3) is 66.9 Å². The quantitative estimate of drug-likeness (QED) is 0.174. The maximum absolute atomic E-state index is 9.67. The molecule has 1 aliphatic rings. The van der Waals surface area contributed by atoms with Crippen molar-refractivity contribution in [1.29, 1.82) is 5.26 Å². The van der Waals surface area contributed by atoms with Gasteiger partial charge in [0.1, 0.15) is 0 Å². The highest BCUT2D eigenvalue weighted by Crippen LogP contribution is 2.57. The number of hydrogen-bond acceptors (Lipinski definition) is 3. The van der Waals surface area contributed by atoms with Crippen LogP contribution in [-0.2, 0) is 5.41 Å². The Morgan fingerprint density at radius 2 is 0.945 bits per heavy atom. The van der Waals surface area contributed by atoms with Crippen LogP contribution in [-0.4, -0.2) is 9.97 Å². The van der Waals surface area contributed by atoms with Crippen molar-refractivity contribution < 1.29 is 0 Å². The lowest BCUT2D eigenvalue weighted by molar-refractivity contribution is 0.769. The van der Waals surface area contributed by atoms with Crippen LogP contribution in [0.2, 0.25) is 0 Å². The SMILES string of the molecule is N#Cc1cccc(-c2cc(-c3ccc(-c4ccc5c(c4)C(c4ccccc4)(c4ccccc4)c4ccccc4-5)c4ccccc34)nc(-c3ccccc3)n2)c1. The number of rotatable bonds is 6. The second-order valence-electron chi connectivity index (χ2n) is 14.0. The Labute approximate surface area is 320 Å². The molecule has 0 spiro atoms. The molecule has 9 aromatic rings. The number of benzene rings is 8. The van der Waals surface area contributed by atoms with Gasteiger partial charge in [0.15, 0.2) is 5.82 Å². The molecule has 256 valence electrons. The molecule has 8 aromatic carbocycles. The molecular weight excluding hydrogens is 667 g/mol. The van der Waals surface area contributed by atoms with Gasteiger partial charge < -0.3 is 0 Å². The summed E-state index contributed by atoms with van der Waals surface area (Å²) in [5.41, 5.74) is 14.5. The predicted octanol–water partition coefficient (Wildman–Crippen LogP) is 12.5. The van der Waals surface area contributed by atoms with Crippen LogP contribution in [0.3, 0.4) is 0 Å². The zero-order valence-corrected chi connectivity index (χ0v) is 29.9. The summed E-state index contributed by atoms with van der Waals surface area (Å²) in [5, 5.41) is 11.9. The molecule has 0 atom stereocenters. The second-order valence-corrected chi connectivity index (χ2v) is 14.0. The highest BCUT2D eigenvalue weighted by atomic mass is 14.9. The third-order valence-electron chi connectivity index (χ3n) is 11.0. The van der Waals surface area contributed by atoms with E-state index in [1.54, 1.807) is 0 Å². The first-order chi connectivity index (χ1) is 27.2. The van der Waals surface area contributed by atoms with Crippen molar-refractivity contribution in [3.05, 3.63) is 228 Å². The molecule has 0 saturated carbocycles. The van der Waals surface area contributed by atoms with Gasteiger partial charge in [0.05, 0.1) is 28.4 Å². The molecule has 0 bridgehead atoms. The Bertz CT molecular complexity index is 2890. The molecule has 0 unspecified atom stereocenters. The predicted molar refractivity (Wildman–Crippen MR) is 223 cm³/mol. The fraction of sp³-hybridized carbons (Fsp3) is 0.0192. The highest BCUT2D eigenvalue weighted by Gasteiger charge is 2.46. The summed E-state index contributed by atoms with van der Waals surface area (Å²) in [6, 6.07) is 72.9. The molecule has 1 aromatic heterocycles. The maximum atomic E-state index is 9.67. The van der Waals surface area contributed by atoms with Crippen molar-refractivity contribution in [3.8, 4) is 62.2 Å². The number of nitrogens with zero attached hydrogens (tertiary/aromatic N) is 3. The number of hydrogen-bond donors (Lipinski definition) is 0. The molecule has 1 heterocycles. The third kappa shape index (κ3) is 5.27. The first-order valence-electron chi connectivity index (χ1n) is 18.6. The summed E-state index contributed by atoms with van der Waals surface area (Å²) in [4.78, 5) is 10.2. The molecule has 0 N–H and O–H groups in total.